The molecule has 0 fully saturated rings. The maximum atomic E-state index is 11.5. The third kappa shape index (κ3) is 2.60. The van der Waals surface area contributed by atoms with Gasteiger partial charge in [-0.1, -0.05) is 0 Å². The summed E-state index contributed by atoms with van der Waals surface area (Å²) in [5, 5.41) is 10.5. The summed E-state index contributed by atoms with van der Waals surface area (Å²) in [6.07, 6.45) is 4.50. The van der Waals surface area contributed by atoms with Gasteiger partial charge in [-0.05, 0) is 0 Å². The van der Waals surface area contributed by atoms with E-state index in [4.69, 9.17) is 5.73 Å². The van der Waals surface area contributed by atoms with Gasteiger partial charge in [0.05, 0.1) is 6.20 Å². The standard InChI is InChI=1S/C9H13N7O/c1-15-9(10)7(3-13-15)2-12-8(17)4-16-6-11-5-14-16/h3,5-6H,2,4,10H2,1H3,(H,12,17). The Balaban J connectivity index is 1.86. The van der Waals surface area contributed by atoms with Crippen LogP contribution in [0.4, 0.5) is 5.82 Å². The van der Waals surface area contributed by atoms with Gasteiger partial charge in [0.2, 0.25) is 5.91 Å². The molecule has 8 nitrogen and oxygen atoms in total. The summed E-state index contributed by atoms with van der Waals surface area (Å²) in [7, 11) is 1.75. The maximum absolute atomic E-state index is 11.5. The summed E-state index contributed by atoms with van der Waals surface area (Å²) < 4.78 is 3.00. The molecular formula is C9H13N7O. The van der Waals surface area contributed by atoms with Gasteiger partial charge in [-0.15, -0.1) is 0 Å². The highest BCUT2D eigenvalue weighted by Gasteiger charge is 2.07. The van der Waals surface area contributed by atoms with Crippen molar-refractivity contribution in [2.24, 2.45) is 7.05 Å². The molecule has 0 atom stereocenters. The predicted molar refractivity (Wildman–Crippen MR) is 59.5 cm³/mol. The van der Waals surface area contributed by atoms with E-state index in [1.54, 1.807) is 17.9 Å². The lowest BCUT2D eigenvalue weighted by Gasteiger charge is -2.04. The molecule has 0 bridgehead atoms. The van der Waals surface area contributed by atoms with Crippen LogP contribution < -0.4 is 11.1 Å². The summed E-state index contributed by atoms with van der Waals surface area (Å²) in [6, 6.07) is 0. The number of aromatic nitrogens is 5. The number of nitrogens with zero attached hydrogens (tertiary/aromatic N) is 5. The fourth-order valence-electron chi connectivity index (χ4n) is 1.34. The Morgan fingerprint density at radius 3 is 2.94 bits per heavy atom. The van der Waals surface area contributed by atoms with E-state index in [1.807, 2.05) is 0 Å². The van der Waals surface area contributed by atoms with Crippen molar-refractivity contribution in [2.75, 3.05) is 5.73 Å². The average molecular weight is 235 g/mol. The van der Waals surface area contributed by atoms with Crippen LogP contribution in [0.2, 0.25) is 0 Å². The minimum absolute atomic E-state index is 0.139. The first-order chi connectivity index (χ1) is 8.16. The number of aryl methyl sites for hydroxylation is 1. The van der Waals surface area contributed by atoms with Gasteiger partial charge in [0.1, 0.15) is 25.0 Å². The Labute approximate surface area is 97.4 Å². The van der Waals surface area contributed by atoms with Crippen molar-refractivity contribution in [3.63, 3.8) is 0 Å². The van der Waals surface area contributed by atoms with Crippen molar-refractivity contribution in [2.45, 2.75) is 13.1 Å². The van der Waals surface area contributed by atoms with Crippen molar-refractivity contribution in [1.82, 2.24) is 29.9 Å². The van der Waals surface area contributed by atoms with Crippen molar-refractivity contribution >= 4 is 11.7 Å². The molecule has 0 aliphatic heterocycles. The Bertz CT molecular complexity index is 501. The van der Waals surface area contributed by atoms with Crippen molar-refractivity contribution < 1.29 is 4.79 Å². The van der Waals surface area contributed by atoms with Gasteiger partial charge in [-0.3, -0.25) is 9.48 Å². The lowest BCUT2D eigenvalue weighted by molar-refractivity contribution is -0.122. The molecule has 0 saturated heterocycles. The Morgan fingerprint density at radius 1 is 1.53 bits per heavy atom. The number of rotatable bonds is 4. The van der Waals surface area contributed by atoms with Crippen LogP contribution in [0.3, 0.4) is 0 Å². The predicted octanol–water partition coefficient (Wildman–Crippen LogP) is -1.09. The zero-order valence-corrected chi connectivity index (χ0v) is 9.37. The van der Waals surface area contributed by atoms with Crippen LogP contribution in [-0.2, 0) is 24.9 Å². The highest BCUT2D eigenvalue weighted by atomic mass is 16.2. The molecule has 0 aliphatic carbocycles. The van der Waals surface area contributed by atoms with Crippen LogP contribution in [-0.4, -0.2) is 30.5 Å². The van der Waals surface area contributed by atoms with Gasteiger partial charge < -0.3 is 11.1 Å². The quantitative estimate of drug-likeness (QED) is 0.700. The number of amides is 1. The van der Waals surface area contributed by atoms with Crippen molar-refractivity contribution in [3.8, 4) is 0 Å². The summed E-state index contributed by atoms with van der Waals surface area (Å²) in [5.74, 6) is 0.393. The second-order valence-electron chi connectivity index (χ2n) is 3.55. The van der Waals surface area contributed by atoms with Gasteiger partial charge in [-0.2, -0.15) is 10.2 Å². The third-order valence-electron chi connectivity index (χ3n) is 2.31. The molecule has 2 aromatic heterocycles. The monoisotopic (exact) mass is 235 g/mol. The molecule has 0 radical (unpaired) electrons. The second-order valence-corrected chi connectivity index (χ2v) is 3.55. The summed E-state index contributed by atoms with van der Waals surface area (Å²) in [6.45, 7) is 0.493. The minimum Gasteiger partial charge on any atom is -0.384 e. The van der Waals surface area contributed by atoms with Crippen molar-refractivity contribution in [1.29, 1.82) is 0 Å². The van der Waals surface area contributed by atoms with Gasteiger partial charge >= 0.3 is 0 Å². The average Bonchev–Trinajstić information content (AvgIpc) is 2.90. The number of nitrogens with one attached hydrogen (secondary N) is 1. The minimum atomic E-state index is -0.154. The molecule has 0 aliphatic rings. The Morgan fingerprint density at radius 2 is 2.35 bits per heavy atom. The van der Waals surface area contributed by atoms with Crippen LogP contribution in [0.15, 0.2) is 18.9 Å². The van der Waals surface area contributed by atoms with Crippen molar-refractivity contribution in [3.05, 3.63) is 24.4 Å². The third-order valence-corrected chi connectivity index (χ3v) is 2.31. The highest BCUT2D eigenvalue weighted by Crippen LogP contribution is 2.07. The first-order valence-corrected chi connectivity index (χ1v) is 5.02. The number of anilines is 1. The first-order valence-electron chi connectivity index (χ1n) is 5.02. The molecule has 0 unspecified atom stereocenters. The normalized spacial score (nSPS) is 10.4. The fraction of sp³-hybridized carbons (Fsp3) is 0.333. The van der Waals surface area contributed by atoms with Gasteiger partial charge in [-0.25, -0.2) is 9.67 Å². The molecule has 2 heterocycles. The van der Waals surface area contributed by atoms with Crippen LogP contribution in [0.1, 0.15) is 5.56 Å². The van der Waals surface area contributed by atoms with E-state index < -0.39 is 0 Å². The van der Waals surface area contributed by atoms with Crippen LogP contribution in [0.5, 0.6) is 0 Å². The number of hydrogen-bond donors (Lipinski definition) is 2. The molecule has 2 rings (SSSR count). The van der Waals surface area contributed by atoms with E-state index in [-0.39, 0.29) is 12.5 Å². The van der Waals surface area contributed by atoms with Crippen LogP contribution >= 0.6 is 0 Å². The van der Waals surface area contributed by atoms with Gasteiger partial charge in [0, 0.05) is 19.2 Å². The molecule has 8 heteroatoms. The van der Waals surface area contributed by atoms with E-state index in [9.17, 15) is 4.79 Å². The smallest absolute Gasteiger partial charge is 0.242 e. The van der Waals surface area contributed by atoms with E-state index in [1.165, 1.54) is 17.3 Å². The first kappa shape index (κ1) is 11.1. The summed E-state index contributed by atoms with van der Waals surface area (Å²) >= 11 is 0. The molecule has 17 heavy (non-hydrogen) atoms. The Hall–Kier alpha value is -2.38. The number of hydrogen-bond acceptors (Lipinski definition) is 5. The van der Waals surface area contributed by atoms with Gasteiger partial charge in [0.15, 0.2) is 0 Å². The maximum Gasteiger partial charge on any atom is 0.242 e. The van der Waals surface area contributed by atoms with E-state index in [2.05, 4.69) is 20.5 Å². The fourth-order valence-corrected chi connectivity index (χ4v) is 1.34. The van der Waals surface area contributed by atoms with E-state index in [0.717, 1.165) is 5.56 Å². The number of carbonyl (C=O) groups excluding carboxylic acids is 1. The molecule has 0 spiro atoms. The van der Waals surface area contributed by atoms with E-state index in [0.29, 0.717) is 12.4 Å². The summed E-state index contributed by atoms with van der Waals surface area (Å²) in [5.41, 5.74) is 6.54. The second kappa shape index (κ2) is 4.64. The van der Waals surface area contributed by atoms with E-state index >= 15 is 0 Å². The lowest BCUT2D eigenvalue weighted by atomic mass is 10.3. The zero-order valence-electron chi connectivity index (χ0n) is 9.37. The topological polar surface area (TPSA) is 104 Å². The number of nitrogens with two attached hydrogens (primary N) is 1. The van der Waals surface area contributed by atoms with Gasteiger partial charge in [0.25, 0.3) is 0 Å². The molecule has 0 saturated carbocycles. The number of nitrogen functional groups attached to an aromatic ring is 1. The molecular weight excluding hydrogens is 222 g/mol. The zero-order chi connectivity index (χ0) is 12.3. The summed E-state index contributed by atoms with van der Waals surface area (Å²) in [4.78, 5) is 15.3. The molecule has 90 valence electrons. The Kier molecular flexibility index (Phi) is 3.03. The lowest BCUT2D eigenvalue weighted by Crippen LogP contribution is -2.27. The van der Waals surface area contributed by atoms with Crippen LogP contribution in [0.25, 0.3) is 0 Å². The highest BCUT2D eigenvalue weighted by molar-refractivity contribution is 5.75. The molecule has 0 aromatic carbocycles. The molecule has 1 amide bonds. The van der Waals surface area contributed by atoms with Crippen LogP contribution in [0, 0.1) is 0 Å². The number of carbonyl (C=O) groups is 1. The largest absolute Gasteiger partial charge is 0.384 e. The SMILES string of the molecule is Cn1ncc(CNC(=O)Cn2cncn2)c1N. The molecule has 3 N–H and O–H groups in total. The molecule has 2 aromatic rings.